The van der Waals surface area contributed by atoms with Crippen molar-refractivity contribution < 1.29 is 8.42 Å². The highest BCUT2D eigenvalue weighted by atomic mass is 32.2. The van der Waals surface area contributed by atoms with Gasteiger partial charge in [0.2, 0.25) is 10.0 Å². The fraction of sp³-hybridized carbons (Fsp3) is 0.250. The summed E-state index contributed by atoms with van der Waals surface area (Å²) in [5.74, 6) is -0.0813. The Hall–Kier alpha value is -1.85. The molecule has 0 unspecified atom stereocenters. The summed E-state index contributed by atoms with van der Waals surface area (Å²) in [6, 6.07) is 14.8. The molecule has 0 heterocycles. The maximum atomic E-state index is 12.4. The molecule has 0 spiro atoms. The first-order valence-corrected chi connectivity index (χ1v) is 8.33. The van der Waals surface area contributed by atoms with Crippen molar-refractivity contribution in [2.75, 3.05) is 12.8 Å². The van der Waals surface area contributed by atoms with Crippen molar-refractivity contribution in [1.29, 1.82) is 0 Å². The van der Waals surface area contributed by atoms with E-state index in [9.17, 15) is 8.42 Å². The van der Waals surface area contributed by atoms with Crippen LogP contribution in [0.25, 0.3) is 0 Å². The summed E-state index contributed by atoms with van der Waals surface area (Å²) in [6.45, 7) is 2.34. The lowest BCUT2D eigenvalue weighted by Crippen LogP contribution is -2.28. The molecule has 2 aromatic rings. The molecule has 0 aromatic heterocycles. The number of anilines is 1. The Labute approximate surface area is 126 Å². The van der Waals surface area contributed by atoms with Crippen LogP contribution in [0.1, 0.15) is 16.7 Å². The van der Waals surface area contributed by atoms with Crippen LogP contribution in [0.3, 0.4) is 0 Å². The highest BCUT2D eigenvalue weighted by molar-refractivity contribution is 7.88. The number of hydrogen-bond acceptors (Lipinski definition) is 3. The second-order valence-electron chi connectivity index (χ2n) is 5.14. The molecule has 0 fully saturated rings. The van der Waals surface area contributed by atoms with E-state index in [0.717, 1.165) is 11.1 Å². The van der Waals surface area contributed by atoms with E-state index >= 15 is 0 Å². The number of sulfonamides is 1. The van der Waals surface area contributed by atoms with E-state index in [1.807, 2.05) is 31.2 Å². The van der Waals surface area contributed by atoms with Crippen molar-refractivity contribution >= 4 is 15.7 Å². The van der Waals surface area contributed by atoms with Crippen molar-refractivity contribution in [3.05, 3.63) is 65.2 Å². The molecule has 0 amide bonds. The first kappa shape index (κ1) is 15.5. The summed E-state index contributed by atoms with van der Waals surface area (Å²) >= 11 is 0. The largest absolute Gasteiger partial charge is 0.398 e. The van der Waals surface area contributed by atoms with Crippen LogP contribution in [0.4, 0.5) is 5.69 Å². The van der Waals surface area contributed by atoms with E-state index in [-0.39, 0.29) is 5.75 Å². The molecule has 21 heavy (non-hydrogen) atoms. The Kier molecular flexibility index (Phi) is 4.65. The van der Waals surface area contributed by atoms with Gasteiger partial charge in [-0.3, -0.25) is 0 Å². The summed E-state index contributed by atoms with van der Waals surface area (Å²) in [7, 11) is -1.80. The number of aryl methyl sites for hydroxylation is 1. The maximum absolute atomic E-state index is 12.4. The van der Waals surface area contributed by atoms with E-state index in [1.165, 1.54) is 4.31 Å². The molecule has 0 atom stereocenters. The number of nitrogen functional groups attached to an aromatic ring is 1. The number of rotatable bonds is 5. The van der Waals surface area contributed by atoms with Gasteiger partial charge in [-0.05, 0) is 29.7 Å². The number of nitrogens with two attached hydrogens (primary N) is 1. The third-order valence-corrected chi connectivity index (χ3v) is 5.28. The Morgan fingerprint density at radius 1 is 1.00 bits per heavy atom. The number of hydrogen-bond donors (Lipinski definition) is 1. The van der Waals surface area contributed by atoms with Gasteiger partial charge < -0.3 is 5.73 Å². The molecule has 0 saturated heterocycles. The van der Waals surface area contributed by atoms with E-state index in [2.05, 4.69) is 0 Å². The topological polar surface area (TPSA) is 63.4 Å². The van der Waals surface area contributed by atoms with Crippen LogP contribution in [0, 0.1) is 6.92 Å². The zero-order valence-electron chi connectivity index (χ0n) is 12.3. The van der Waals surface area contributed by atoms with E-state index in [0.29, 0.717) is 17.8 Å². The molecule has 5 heteroatoms. The third kappa shape index (κ3) is 3.83. The van der Waals surface area contributed by atoms with Crippen molar-refractivity contribution in [2.24, 2.45) is 0 Å². The molecular weight excluding hydrogens is 284 g/mol. The first-order valence-electron chi connectivity index (χ1n) is 6.72. The average molecular weight is 304 g/mol. The minimum absolute atomic E-state index is 0.0813. The van der Waals surface area contributed by atoms with E-state index < -0.39 is 10.0 Å². The Bertz CT molecular complexity index is 727. The summed E-state index contributed by atoms with van der Waals surface area (Å²) in [5.41, 5.74) is 9.05. The molecule has 2 N–H and O–H groups in total. The second-order valence-corrected chi connectivity index (χ2v) is 7.21. The predicted molar refractivity (Wildman–Crippen MR) is 86.1 cm³/mol. The maximum Gasteiger partial charge on any atom is 0.218 e. The van der Waals surface area contributed by atoms with Crippen LogP contribution in [0.2, 0.25) is 0 Å². The minimum atomic E-state index is -3.40. The molecule has 0 aliphatic rings. The highest BCUT2D eigenvalue weighted by Crippen LogP contribution is 2.18. The van der Waals surface area contributed by atoms with Crippen LogP contribution in [0.15, 0.2) is 48.5 Å². The summed E-state index contributed by atoms with van der Waals surface area (Å²) in [5, 5.41) is 0. The summed E-state index contributed by atoms with van der Waals surface area (Å²) in [6.07, 6.45) is 0. The molecule has 0 saturated carbocycles. The fourth-order valence-electron chi connectivity index (χ4n) is 2.10. The smallest absolute Gasteiger partial charge is 0.218 e. The van der Waals surface area contributed by atoms with Crippen molar-refractivity contribution in [2.45, 2.75) is 19.2 Å². The zero-order chi connectivity index (χ0) is 15.5. The molecule has 0 aliphatic heterocycles. The van der Waals surface area contributed by atoms with Crippen LogP contribution in [0.5, 0.6) is 0 Å². The summed E-state index contributed by atoms with van der Waals surface area (Å²) in [4.78, 5) is 0. The normalized spacial score (nSPS) is 11.8. The van der Waals surface area contributed by atoms with Crippen LogP contribution in [-0.4, -0.2) is 19.8 Å². The number of benzene rings is 2. The van der Waals surface area contributed by atoms with Gasteiger partial charge in [0, 0.05) is 19.3 Å². The van der Waals surface area contributed by atoms with Gasteiger partial charge in [0.15, 0.2) is 0 Å². The van der Waals surface area contributed by atoms with Gasteiger partial charge in [0.1, 0.15) is 0 Å². The Morgan fingerprint density at radius 2 is 1.57 bits per heavy atom. The number of nitrogens with zero attached hydrogens (tertiary/aromatic N) is 1. The third-order valence-electron chi connectivity index (χ3n) is 3.52. The van der Waals surface area contributed by atoms with Gasteiger partial charge in [-0.2, -0.15) is 0 Å². The molecule has 0 radical (unpaired) electrons. The second kappa shape index (κ2) is 6.28. The van der Waals surface area contributed by atoms with E-state index in [1.54, 1.807) is 31.3 Å². The van der Waals surface area contributed by atoms with Gasteiger partial charge in [-0.1, -0.05) is 42.5 Å². The lowest BCUT2D eigenvalue weighted by atomic mass is 10.1. The zero-order valence-corrected chi connectivity index (χ0v) is 13.1. The van der Waals surface area contributed by atoms with Gasteiger partial charge >= 0.3 is 0 Å². The van der Waals surface area contributed by atoms with Crippen molar-refractivity contribution in [3.63, 3.8) is 0 Å². The van der Waals surface area contributed by atoms with Crippen LogP contribution < -0.4 is 5.73 Å². The van der Waals surface area contributed by atoms with Crippen LogP contribution >= 0.6 is 0 Å². The van der Waals surface area contributed by atoms with Gasteiger partial charge in [0.05, 0.1) is 5.75 Å². The molecule has 2 aromatic carbocycles. The molecule has 0 aliphatic carbocycles. The van der Waals surface area contributed by atoms with E-state index in [4.69, 9.17) is 5.73 Å². The molecular formula is C16H20N2O2S. The molecule has 0 bridgehead atoms. The predicted octanol–water partition coefficient (Wildman–Crippen LogP) is 2.54. The lowest BCUT2D eigenvalue weighted by Gasteiger charge is -2.19. The molecule has 112 valence electrons. The van der Waals surface area contributed by atoms with Crippen LogP contribution in [-0.2, 0) is 22.3 Å². The Balaban J connectivity index is 2.16. The minimum Gasteiger partial charge on any atom is -0.398 e. The number of para-hydroxylation sites is 1. The summed E-state index contributed by atoms with van der Waals surface area (Å²) < 4.78 is 26.3. The first-order chi connectivity index (χ1) is 9.90. The van der Waals surface area contributed by atoms with Gasteiger partial charge in [0.25, 0.3) is 0 Å². The van der Waals surface area contributed by atoms with Crippen molar-refractivity contribution in [1.82, 2.24) is 4.31 Å². The Morgan fingerprint density at radius 3 is 2.19 bits per heavy atom. The quantitative estimate of drug-likeness (QED) is 0.863. The van der Waals surface area contributed by atoms with Gasteiger partial charge in [-0.15, -0.1) is 0 Å². The fourth-order valence-corrected chi connectivity index (χ4v) is 3.31. The monoisotopic (exact) mass is 304 g/mol. The highest BCUT2D eigenvalue weighted by Gasteiger charge is 2.20. The molecule has 2 rings (SSSR count). The standard InChI is InChI=1S/C16H20N2O2S/c1-13-7-3-4-8-14(13)11-18(2)21(19,20)12-15-9-5-6-10-16(15)17/h3-10H,11-12,17H2,1-2H3. The molecule has 4 nitrogen and oxygen atoms in total. The average Bonchev–Trinajstić information content (AvgIpc) is 2.43. The lowest BCUT2D eigenvalue weighted by molar-refractivity contribution is 0.465. The SMILES string of the molecule is Cc1ccccc1CN(C)S(=O)(=O)Cc1ccccc1N. The van der Waals surface area contributed by atoms with Crippen molar-refractivity contribution in [3.8, 4) is 0 Å². The van der Waals surface area contributed by atoms with Gasteiger partial charge in [-0.25, -0.2) is 12.7 Å².